The van der Waals surface area contributed by atoms with Gasteiger partial charge in [0, 0.05) is 13.2 Å². The molecule has 0 aromatic carbocycles. The number of hydrogen-bond donors (Lipinski definition) is 1. The average Bonchev–Trinajstić information content (AvgIpc) is 2.86. The molecule has 1 unspecified atom stereocenters. The number of hydrogen-bond acceptors (Lipinski definition) is 2. The van der Waals surface area contributed by atoms with Crippen LogP contribution in [0.1, 0.15) is 52.9 Å². The van der Waals surface area contributed by atoms with E-state index in [2.05, 4.69) is 26.1 Å². The maximum atomic E-state index is 6.24. The second-order valence-corrected chi connectivity index (χ2v) is 9.44. The molecule has 1 aliphatic heterocycles. The fourth-order valence-electron chi connectivity index (χ4n) is 2.82. The van der Waals surface area contributed by atoms with Gasteiger partial charge < -0.3 is 10.1 Å². The normalized spacial score (nSPS) is 20.6. The van der Waals surface area contributed by atoms with Crippen LogP contribution in [0.5, 0.6) is 0 Å². The van der Waals surface area contributed by atoms with Crippen molar-refractivity contribution in [2.45, 2.75) is 70.2 Å². The lowest BCUT2D eigenvalue weighted by Crippen LogP contribution is -2.51. The van der Waals surface area contributed by atoms with Gasteiger partial charge in [-0.05, 0) is 26.3 Å². The van der Waals surface area contributed by atoms with Crippen molar-refractivity contribution < 1.29 is 4.74 Å². The molecule has 2 nitrogen and oxygen atoms in total. The Bertz CT molecular complexity index is 195. The molecule has 3 heteroatoms. The van der Waals surface area contributed by atoms with Gasteiger partial charge in [-0.2, -0.15) is 0 Å². The number of rotatable bonds is 9. The molecule has 0 aromatic heterocycles. The van der Waals surface area contributed by atoms with Crippen LogP contribution in [0.3, 0.4) is 0 Å². The van der Waals surface area contributed by atoms with Crippen molar-refractivity contribution in [3.05, 3.63) is 0 Å². The van der Waals surface area contributed by atoms with Crippen molar-refractivity contribution in [3.8, 4) is 0 Å². The zero-order valence-corrected chi connectivity index (χ0v) is 13.2. The summed E-state index contributed by atoms with van der Waals surface area (Å²) in [6, 6.07) is 2.99. The SMILES string of the molecule is CCCCNCC(C)(OCCC)[SiH]1CCCC1. The van der Waals surface area contributed by atoms with Gasteiger partial charge in [-0.1, -0.05) is 45.2 Å². The van der Waals surface area contributed by atoms with Crippen molar-refractivity contribution in [1.29, 1.82) is 0 Å². The molecule has 0 aromatic rings. The van der Waals surface area contributed by atoms with Crippen molar-refractivity contribution in [2.75, 3.05) is 19.7 Å². The summed E-state index contributed by atoms with van der Waals surface area (Å²) in [6.07, 6.45) is 6.62. The molecule has 1 heterocycles. The van der Waals surface area contributed by atoms with Gasteiger partial charge in [-0.3, -0.25) is 0 Å². The topological polar surface area (TPSA) is 21.3 Å². The molecule has 1 rings (SSSR count). The van der Waals surface area contributed by atoms with Crippen LogP contribution in [0.2, 0.25) is 12.1 Å². The molecule has 17 heavy (non-hydrogen) atoms. The molecule has 1 atom stereocenters. The van der Waals surface area contributed by atoms with Crippen molar-refractivity contribution in [2.24, 2.45) is 0 Å². The van der Waals surface area contributed by atoms with Crippen molar-refractivity contribution in [3.63, 3.8) is 0 Å². The predicted molar refractivity (Wildman–Crippen MR) is 78.4 cm³/mol. The van der Waals surface area contributed by atoms with Gasteiger partial charge >= 0.3 is 0 Å². The van der Waals surface area contributed by atoms with Gasteiger partial charge in [0.15, 0.2) is 0 Å². The first-order valence-corrected chi connectivity index (χ1v) is 9.78. The van der Waals surface area contributed by atoms with E-state index in [0.29, 0.717) is 0 Å². The summed E-state index contributed by atoms with van der Waals surface area (Å²) in [5, 5.41) is 3.83. The van der Waals surface area contributed by atoms with E-state index in [1.165, 1.54) is 37.8 Å². The Morgan fingerprint density at radius 3 is 2.47 bits per heavy atom. The summed E-state index contributed by atoms with van der Waals surface area (Å²) in [5.41, 5.74) is 0. The fraction of sp³-hybridized carbons (Fsp3) is 1.00. The minimum atomic E-state index is -0.679. The second kappa shape index (κ2) is 8.28. The van der Waals surface area contributed by atoms with E-state index in [1.54, 1.807) is 0 Å². The molecule has 0 aliphatic carbocycles. The Labute approximate surface area is 109 Å². The van der Waals surface area contributed by atoms with Crippen LogP contribution in [-0.2, 0) is 4.74 Å². The summed E-state index contributed by atoms with van der Waals surface area (Å²) >= 11 is 0. The predicted octanol–water partition coefficient (Wildman–Crippen LogP) is 3.12. The first-order chi connectivity index (χ1) is 8.23. The van der Waals surface area contributed by atoms with Gasteiger partial charge in [-0.15, -0.1) is 0 Å². The Kier molecular flexibility index (Phi) is 7.40. The van der Waals surface area contributed by atoms with Crippen LogP contribution in [0.4, 0.5) is 0 Å². The highest BCUT2D eigenvalue weighted by Gasteiger charge is 2.37. The summed E-state index contributed by atoms with van der Waals surface area (Å²) in [7, 11) is -0.679. The zero-order chi connectivity index (χ0) is 12.6. The van der Waals surface area contributed by atoms with Crippen LogP contribution in [0, 0.1) is 0 Å². The number of unbranched alkanes of at least 4 members (excludes halogenated alkanes) is 1. The maximum Gasteiger partial charge on any atom is 0.0769 e. The lowest BCUT2D eigenvalue weighted by atomic mass is 10.3. The van der Waals surface area contributed by atoms with E-state index in [0.717, 1.165) is 26.1 Å². The van der Waals surface area contributed by atoms with E-state index in [9.17, 15) is 0 Å². The van der Waals surface area contributed by atoms with Crippen LogP contribution in [0.25, 0.3) is 0 Å². The summed E-state index contributed by atoms with van der Waals surface area (Å²) in [6.45, 7) is 10.0. The highest BCUT2D eigenvalue weighted by molar-refractivity contribution is 6.62. The van der Waals surface area contributed by atoms with Crippen LogP contribution in [-0.4, -0.2) is 33.7 Å². The Morgan fingerprint density at radius 2 is 1.88 bits per heavy atom. The van der Waals surface area contributed by atoms with E-state index in [1.807, 2.05) is 0 Å². The van der Waals surface area contributed by atoms with Gasteiger partial charge in [-0.25, -0.2) is 0 Å². The Hall–Kier alpha value is 0.137. The van der Waals surface area contributed by atoms with Crippen LogP contribution >= 0.6 is 0 Å². The highest BCUT2D eigenvalue weighted by atomic mass is 28.3. The highest BCUT2D eigenvalue weighted by Crippen LogP contribution is 2.30. The van der Waals surface area contributed by atoms with Crippen LogP contribution < -0.4 is 5.32 Å². The first-order valence-electron chi connectivity index (χ1n) is 7.57. The minimum absolute atomic E-state index is 0.209. The van der Waals surface area contributed by atoms with Crippen molar-refractivity contribution in [1.82, 2.24) is 5.32 Å². The third kappa shape index (κ3) is 5.10. The molecule has 1 N–H and O–H groups in total. The molecule has 1 aliphatic rings. The Balaban J connectivity index is 2.39. The molecule has 1 fully saturated rings. The lowest BCUT2D eigenvalue weighted by molar-refractivity contribution is 0.0268. The van der Waals surface area contributed by atoms with Crippen molar-refractivity contribution >= 4 is 8.80 Å². The lowest BCUT2D eigenvalue weighted by Gasteiger charge is -2.35. The van der Waals surface area contributed by atoms with E-state index >= 15 is 0 Å². The van der Waals surface area contributed by atoms with Gasteiger partial charge in [0.2, 0.25) is 0 Å². The molecule has 0 radical (unpaired) electrons. The maximum absolute atomic E-state index is 6.24. The zero-order valence-electron chi connectivity index (χ0n) is 12.1. The van der Waals surface area contributed by atoms with E-state index in [-0.39, 0.29) is 5.22 Å². The van der Waals surface area contributed by atoms with Gasteiger partial charge in [0.25, 0.3) is 0 Å². The van der Waals surface area contributed by atoms with E-state index < -0.39 is 8.80 Å². The number of ether oxygens (including phenoxy) is 1. The van der Waals surface area contributed by atoms with Crippen LogP contribution in [0.15, 0.2) is 0 Å². The van der Waals surface area contributed by atoms with Gasteiger partial charge in [0.1, 0.15) is 0 Å². The Morgan fingerprint density at radius 1 is 1.18 bits per heavy atom. The largest absolute Gasteiger partial charge is 0.378 e. The molecular weight excluding hydrogens is 226 g/mol. The summed E-state index contributed by atoms with van der Waals surface area (Å²) < 4.78 is 6.24. The molecule has 0 bridgehead atoms. The summed E-state index contributed by atoms with van der Waals surface area (Å²) in [4.78, 5) is 0. The smallest absolute Gasteiger partial charge is 0.0769 e. The first kappa shape index (κ1) is 15.2. The van der Waals surface area contributed by atoms with E-state index in [4.69, 9.17) is 4.74 Å². The number of nitrogens with one attached hydrogen (secondary N) is 1. The molecule has 0 saturated carbocycles. The third-order valence-corrected chi connectivity index (χ3v) is 8.35. The molecular formula is C14H31NOSi. The van der Waals surface area contributed by atoms with Gasteiger partial charge in [0.05, 0.1) is 14.0 Å². The quantitative estimate of drug-likeness (QED) is 0.506. The minimum Gasteiger partial charge on any atom is -0.378 e. The monoisotopic (exact) mass is 257 g/mol. The molecule has 1 saturated heterocycles. The second-order valence-electron chi connectivity index (χ2n) is 5.67. The third-order valence-electron chi connectivity index (χ3n) is 4.04. The average molecular weight is 257 g/mol. The fourth-order valence-corrected chi connectivity index (χ4v) is 6.68. The summed E-state index contributed by atoms with van der Waals surface area (Å²) in [5.74, 6) is 0. The molecule has 0 spiro atoms. The standard InChI is InChI=1S/C14H31NOSi/c1-4-6-9-15-13-14(3,16-10-5-2)17-11-7-8-12-17/h15,17H,4-13H2,1-3H3. The molecule has 102 valence electrons. The molecule has 0 amide bonds.